The van der Waals surface area contributed by atoms with E-state index >= 15 is 0 Å². The van der Waals surface area contributed by atoms with E-state index in [0.29, 0.717) is 5.57 Å². The van der Waals surface area contributed by atoms with Crippen LogP contribution in [0.15, 0.2) is 23.8 Å². The summed E-state index contributed by atoms with van der Waals surface area (Å²) in [6.07, 6.45) is 7.41. The standard InChI is InChI=1S/C17H26N2O3/c1-4-13(3)15(20)9-8-14(5-2)17(22)18-12-16(21)19-10-6-7-11-19/h5,8-9,13H,4,6-7,10-12H2,1-3H3,(H,18,22)/b9-8-,14-5+. The summed E-state index contributed by atoms with van der Waals surface area (Å²) in [5.74, 6) is -0.429. The Kier molecular flexibility index (Phi) is 7.57. The Bertz CT molecular complexity index is 474. The molecule has 1 aliphatic rings. The molecule has 1 unspecified atom stereocenters. The third-order valence-corrected chi connectivity index (χ3v) is 3.96. The minimum absolute atomic E-state index is 0.00259. The summed E-state index contributed by atoms with van der Waals surface area (Å²) in [7, 11) is 0. The van der Waals surface area contributed by atoms with Gasteiger partial charge in [0, 0.05) is 24.6 Å². The predicted molar refractivity (Wildman–Crippen MR) is 86.2 cm³/mol. The van der Waals surface area contributed by atoms with Crippen LogP contribution in [0.2, 0.25) is 0 Å². The van der Waals surface area contributed by atoms with Crippen LogP contribution in [-0.2, 0) is 14.4 Å². The Morgan fingerprint density at radius 3 is 2.36 bits per heavy atom. The highest BCUT2D eigenvalue weighted by molar-refractivity contribution is 6.00. The summed E-state index contributed by atoms with van der Waals surface area (Å²) >= 11 is 0. The van der Waals surface area contributed by atoms with Crippen molar-refractivity contribution in [3.8, 4) is 0 Å². The highest BCUT2D eigenvalue weighted by Gasteiger charge is 2.18. The van der Waals surface area contributed by atoms with Crippen LogP contribution < -0.4 is 5.32 Å². The summed E-state index contributed by atoms with van der Waals surface area (Å²) < 4.78 is 0. The molecule has 5 heteroatoms. The number of carbonyl (C=O) groups excluding carboxylic acids is 3. The van der Waals surface area contributed by atoms with Crippen LogP contribution in [-0.4, -0.2) is 42.1 Å². The lowest BCUT2D eigenvalue weighted by molar-refractivity contribution is -0.131. The van der Waals surface area contributed by atoms with E-state index in [1.54, 1.807) is 17.9 Å². The molecule has 0 saturated carbocycles. The lowest BCUT2D eigenvalue weighted by atomic mass is 10.0. The van der Waals surface area contributed by atoms with Crippen LogP contribution in [0.3, 0.4) is 0 Å². The molecule has 1 heterocycles. The number of ketones is 1. The lowest BCUT2D eigenvalue weighted by Crippen LogP contribution is -2.39. The average molecular weight is 306 g/mol. The first-order chi connectivity index (χ1) is 10.5. The van der Waals surface area contributed by atoms with Crippen molar-refractivity contribution in [2.24, 2.45) is 5.92 Å². The van der Waals surface area contributed by atoms with Crippen LogP contribution >= 0.6 is 0 Å². The van der Waals surface area contributed by atoms with Crippen LogP contribution in [0.5, 0.6) is 0 Å². The van der Waals surface area contributed by atoms with Gasteiger partial charge in [0.05, 0.1) is 6.54 Å². The molecule has 0 aromatic carbocycles. The quantitative estimate of drug-likeness (QED) is 0.576. The van der Waals surface area contributed by atoms with Crippen molar-refractivity contribution in [3.05, 3.63) is 23.8 Å². The van der Waals surface area contributed by atoms with E-state index in [1.807, 2.05) is 13.8 Å². The average Bonchev–Trinajstić information content (AvgIpc) is 3.06. The molecule has 1 N–H and O–H groups in total. The number of rotatable bonds is 7. The van der Waals surface area contributed by atoms with Crippen molar-refractivity contribution in [1.29, 1.82) is 0 Å². The molecule has 1 fully saturated rings. The Balaban J connectivity index is 2.49. The zero-order valence-electron chi connectivity index (χ0n) is 13.7. The Labute approximate surface area is 132 Å². The van der Waals surface area contributed by atoms with Crippen molar-refractivity contribution in [2.75, 3.05) is 19.6 Å². The summed E-state index contributed by atoms with van der Waals surface area (Å²) in [6, 6.07) is 0. The van der Waals surface area contributed by atoms with Gasteiger partial charge in [0.1, 0.15) is 0 Å². The number of nitrogens with zero attached hydrogens (tertiary/aromatic N) is 1. The molecule has 0 spiro atoms. The van der Waals surface area contributed by atoms with Gasteiger partial charge >= 0.3 is 0 Å². The third kappa shape index (κ3) is 5.47. The summed E-state index contributed by atoms with van der Waals surface area (Å²) in [6.45, 7) is 7.09. The van der Waals surface area contributed by atoms with E-state index in [9.17, 15) is 14.4 Å². The molecule has 1 aliphatic heterocycles. The molecular weight excluding hydrogens is 280 g/mol. The van der Waals surface area contributed by atoms with Crippen LogP contribution in [0.1, 0.15) is 40.0 Å². The van der Waals surface area contributed by atoms with Gasteiger partial charge in [-0.1, -0.05) is 19.9 Å². The number of hydrogen-bond acceptors (Lipinski definition) is 3. The smallest absolute Gasteiger partial charge is 0.251 e. The van der Waals surface area contributed by atoms with Crippen LogP contribution in [0, 0.1) is 5.92 Å². The monoisotopic (exact) mass is 306 g/mol. The number of carbonyl (C=O) groups is 3. The van der Waals surface area contributed by atoms with Gasteiger partial charge in [-0.2, -0.15) is 0 Å². The first-order valence-electron chi connectivity index (χ1n) is 7.93. The fraction of sp³-hybridized carbons (Fsp3) is 0.588. The molecule has 1 rings (SSSR count). The highest BCUT2D eigenvalue weighted by Crippen LogP contribution is 2.07. The first kappa shape index (κ1) is 18.1. The molecular formula is C17H26N2O3. The molecule has 2 amide bonds. The SMILES string of the molecule is C/C=C(\C=C/C(=O)C(C)CC)C(=O)NCC(=O)N1CCCC1. The second kappa shape index (κ2) is 9.18. The predicted octanol–water partition coefficient (Wildman–Crippen LogP) is 1.84. The zero-order valence-corrected chi connectivity index (χ0v) is 13.7. The van der Waals surface area contributed by atoms with E-state index in [-0.39, 0.29) is 30.1 Å². The van der Waals surface area contributed by atoms with Gasteiger partial charge in [-0.25, -0.2) is 0 Å². The number of hydrogen-bond donors (Lipinski definition) is 1. The van der Waals surface area contributed by atoms with E-state index in [2.05, 4.69) is 5.32 Å². The van der Waals surface area contributed by atoms with Gasteiger partial charge in [0.25, 0.3) is 5.91 Å². The van der Waals surface area contributed by atoms with E-state index in [1.165, 1.54) is 12.2 Å². The minimum atomic E-state index is -0.330. The number of likely N-dealkylation sites (tertiary alicyclic amines) is 1. The van der Waals surface area contributed by atoms with Crippen molar-refractivity contribution in [2.45, 2.75) is 40.0 Å². The van der Waals surface area contributed by atoms with Gasteiger partial charge < -0.3 is 10.2 Å². The lowest BCUT2D eigenvalue weighted by Gasteiger charge is -2.15. The van der Waals surface area contributed by atoms with Gasteiger partial charge in [-0.3, -0.25) is 14.4 Å². The van der Waals surface area contributed by atoms with Crippen molar-refractivity contribution >= 4 is 17.6 Å². The van der Waals surface area contributed by atoms with Crippen molar-refractivity contribution < 1.29 is 14.4 Å². The fourth-order valence-electron chi connectivity index (χ4n) is 2.18. The Hall–Kier alpha value is -1.91. The largest absolute Gasteiger partial charge is 0.343 e. The molecule has 0 aromatic rings. The Morgan fingerprint density at radius 1 is 1.18 bits per heavy atom. The van der Waals surface area contributed by atoms with E-state index in [0.717, 1.165) is 32.4 Å². The zero-order chi connectivity index (χ0) is 16.5. The summed E-state index contributed by atoms with van der Waals surface area (Å²) in [4.78, 5) is 37.4. The molecule has 0 radical (unpaired) electrons. The van der Waals surface area contributed by atoms with Gasteiger partial charge in [0.15, 0.2) is 5.78 Å². The van der Waals surface area contributed by atoms with Gasteiger partial charge in [-0.15, -0.1) is 0 Å². The molecule has 122 valence electrons. The normalized spacial score (nSPS) is 16.9. The molecule has 0 bridgehead atoms. The van der Waals surface area contributed by atoms with Crippen LogP contribution in [0.4, 0.5) is 0 Å². The Morgan fingerprint density at radius 2 is 1.82 bits per heavy atom. The number of nitrogens with one attached hydrogen (secondary N) is 1. The first-order valence-corrected chi connectivity index (χ1v) is 7.93. The number of amides is 2. The molecule has 1 saturated heterocycles. The second-order valence-electron chi connectivity index (χ2n) is 5.56. The van der Waals surface area contributed by atoms with Gasteiger partial charge in [-0.05, 0) is 38.3 Å². The maximum absolute atomic E-state index is 12.0. The number of allylic oxidation sites excluding steroid dienone is 2. The fourth-order valence-corrected chi connectivity index (χ4v) is 2.18. The van der Waals surface area contributed by atoms with E-state index < -0.39 is 0 Å². The summed E-state index contributed by atoms with van der Waals surface area (Å²) in [5, 5.41) is 2.62. The molecule has 1 atom stereocenters. The van der Waals surface area contributed by atoms with Crippen LogP contribution in [0.25, 0.3) is 0 Å². The minimum Gasteiger partial charge on any atom is -0.343 e. The molecule has 5 nitrogen and oxygen atoms in total. The topological polar surface area (TPSA) is 66.5 Å². The molecule has 0 aliphatic carbocycles. The van der Waals surface area contributed by atoms with Crippen molar-refractivity contribution in [3.63, 3.8) is 0 Å². The highest BCUT2D eigenvalue weighted by atomic mass is 16.2. The third-order valence-electron chi connectivity index (χ3n) is 3.96. The van der Waals surface area contributed by atoms with Gasteiger partial charge in [0.2, 0.25) is 5.91 Å². The maximum atomic E-state index is 12.0. The second-order valence-corrected chi connectivity index (χ2v) is 5.56. The maximum Gasteiger partial charge on any atom is 0.251 e. The van der Waals surface area contributed by atoms with Crippen molar-refractivity contribution in [1.82, 2.24) is 10.2 Å². The molecule has 0 aromatic heterocycles. The summed E-state index contributed by atoms with van der Waals surface area (Å²) in [5.41, 5.74) is 0.394. The van der Waals surface area contributed by atoms with E-state index in [4.69, 9.17) is 0 Å². The molecule has 22 heavy (non-hydrogen) atoms.